The first-order chi connectivity index (χ1) is 12.7. The number of pyridine rings is 1. The number of halogens is 1. The van der Waals surface area contributed by atoms with E-state index in [2.05, 4.69) is 32.6 Å². The van der Waals surface area contributed by atoms with Gasteiger partial charge in [0.05, 0.1) is 28.3 Å². The van der Waals surface area contributed by atoms with E-state index < -0.39 is 0 Å². The Morgan fingerprint density at radius 3 is 3.08 bits per heavy atom. The van der Waals surface area contributed by atoms with Gasteiger partial charge in [-0.15, -0.1) is 0 Å². The molecule has 1 saturated heterocycles. The van der Waals surface area contributed by atoms with Crippen LogP contribution in [0.15, 0.2) is 42.6 Å². The minimum atomic E-state index is -0.240. The van der Waals surface area contributed by atoms with Crippen molar-refractivity contribution in [3.63, 3.8) is 0 Å². The van der Waals surface area contributed by atoms with Crippen molar-refractivity contribution in [3.8, 4) is 0 Å². The van der Waals surface area contributed by atoms with E-state index in [1.807, 2.05) is 13.0 Å². The number of imidazole rings is 2. The molecule has 1 N–H and O–H groups in total. The molecule has 5 rings (SSSR count). The molecule has 1 atom stereocenters. The molecule has 26 heavy (non-hydrogen) atoms. The Kier molecular flexibility index (Phi) is 3.53. The topological polar surface area (TPSA) is 49.2 Å². The summed E-state index contributed by atoms with van der Waals surface area (Å²) in [6.45, 7) is 3.84. The van der Waals surface area contributed by atoms with E-state index in [-0.39, 0.29) is 11.9 Å². The van der Waals surface area contributed by atoms with E-state index >= 15 is 0 Å². The summed E-state index contributed by atoms with van der Waals surface area (Å²) in [5.41, 5.74) is 3.83. The Balaban J connectivity index is 1.48. The molecule has 4 aromatic rings. The lowest BCUT2D eigenvalue weighted by atomic mass is 10.2. The summed E-state index contributed by atoms with van der Waals surface area (Å²) >= 11 is 0. The predicted octanol–water partition coefficient (Wildman–Crippen LogP) is 4.00. The summed E-state index contributed by atoms with van der Waals surface area (Å²) in [6.07, 6.45) is 4.23. The fourth-order valence-corrected chi connectivity index (χ4v) is 4.06. The van der Waals surface area contributed by atoms with Gasteiger partial charge in [0, 0.05) is 12.7 Å². The highest BCUT2D eigenvalue weighted by atomic mass is 19.1. The molecule has 6 heteroatoms. The van der Waals surface area contributed by atoms with Crippen LogP contribution >= 0.6 is 0 Å². The number of hydrogen-bond donors (Lipinski definition) is 1. The monoisotopic (exact) mass is 349 g/mol. The van der Waals surface area contributed by atoms with Gasteiger partial charge in [-0.25, -0.2) is 14.4 Å². The second-order valence-electron chi connectivity index (χ2n) is 6.97. The maximum atomic E-state index is 13.5. The van der Waals surface area contributed by atoms with Crippen LogP contribution in [0.2, 0.25) is 0 Å². The molecule has 4 heterocycles. The highest BCUT2D eigenvalue weighted by Crippen LogP contribution is 2.33. The fraction of sp³-hybridized carbons (Fsp3) is 0.300. The van der Waals surface area contributed by atoms with E-state index in [4.69, 9.17) is 9.97 Å². The van der Waals surface area contributed by atoms with Gasteiger partial charge in [-0.3, -0.25) is 4.90 Å². The number of nitrogens with zero attached hydrogens (tertiary/aromatic N) is 4. The summed E-state index contributed by atoms with van der Waals surface area (Å²) in [5, 5.41) is 0. The molecule has 0 aliphatic carbocycles. The fourth-order valence-electron chi connectivity index (χ4n) is 4.06. The van der Waals surface area contributed by atoms with Crippen molar-refractivity contribution in [2.75, 3.05) is 6.54 Å². The van der Waals surface area contributed by atoms with E-state index in [1.54, 1.807) is 6.07 Å². The quantitative estimate of drug-likeness (QED) is 0.608. The van der Waals surface area contributed by atoms with Crippen molar-refractivity contribution in [2.24, 2.45) is 0 Å². The van der Waals surface area contributed by atoms with Crippen LogP contribution in [0, 0.1) is 12.7 Å². The molecule has 1 aromatic carbocycles. The third-order valence-electron chi connectivity index (χ3n) is 5.30. The van der Waals surface area contributed by atoms with Crippen molar-refractivity contribution in [1.82, 2.24) is 24.3 Å². The molecular formula is C20H20FN5. The normalized spacial score (nSPS) is 18.3. The molecule has 0 amide bonds. The Morgan fingerprint density at radius 1 is 1.23 bits per heavy atom. The lowest BCUT2D eigenvalue weighted by Gasteiger charge is -2.22. The van der Waals surface area contributed by atoms with Crippen molar-refractivity contribution in [3.05, 3.63) is 65.8 Å². The molecule has 1 aliphatic heterocycles. The van der Waals surface area contributed by atoms with Crippen molar-refractivity contribution in [2.45, 2.75) is 32.4 Å². The van der Waals surface area contributed by atoms with Crippen LogP contribution in [0.1, 0.15) is 36.2 Å². The zero-order valence-electron chi connectivity index (χ0n) is 14.6. The van der Waals surface area contributed by atoms with Gasteiger partial charge >= 0.3 is 0 Å². The van der Waals surface area contributed by atoms with E-state index in [9.17, 15) is 4.39 Å². The molecule has 3 aromatic heterocycles. The van der Waals surface area contributed by atoms with Crippen LogP contribution in [0.5, 0.6) is 0 Å². The lowest BCUT2D eigenvalue weighted by molar-refractivity contribution is 0.239. The van der Waals surface area contributed by atoms with Gasteiger partial charge in [0.2, 0.25) is 0 Å². The Morgan fingerprint density at radius 2 is 2.15 bits per heavy atom. The zero-order valence-corrected chi connectivity index (χ0v) is 14.6. The molecule has 1 fully saturated rings. The summed E-state index contributed by atoms with van der Waals surface area (Å²) < 4.78 is 15.6. The summed E-state index contributed by atoms with van der Waals surface area (Å²) in [5.74, 6) is 1.69. The molecule has 5 nitrogen and oxygen atoms in total. The van der Waals surface area contributed by atoms with Crippen LogP contribution in [-0.4, -0.2) is 30.8 Å². The molecule has 132 valence electrons. The number of H-pyrrole nitrogens is 1. The molecule has 0 saturated carbocycles. The smallest absolute Gasteiger partial charge is 0.125 e. The number of hydrogen-bond acceptors (Lipinski definition) is 3. The SMILES string of the molecule is Cc1nc(CN2CCC[C@H]2c2nc3ccc(F)cc3[nH]2)c2ccccn12. The van der Waals surface area contributed by atoms with Gasteiger partial charge in [-0.2, -0.15) is 0 Å². The molecule has 0 spiro atoms. The van der Waals surface area contributed by atoms with Crippen molar-refractivity contribution < 1.29 is 4.39 Å². The summed E-state index contributed by atoms with van der Waals surface area (Å²) in [6, 6.07) is 11.1. The second kappa shape index (κ2) is 5.92. The highest BCUT2D eigenvalue weighted by Gasteiger charge is 2.29. The first kappa shape index (κ1) is 15.5. The molecule has 1 aliphatic rings. The molecular weight excluding hydrogens is 329 g/mol. The molecule has 0 radical (unpaired) electrons. The second-order valence-corrected chi connectivity index (χ2v) is 6.97. The molecule has 0 unspecified atom stereocenters. The first-order valence-corrected chi connectivity index (χ1v) is 9.01. The van der Waals surface area contributed by atoms with E-state index in [0.717, 1.165) is 59.8 Å². The first-order valence-electron chi connectivity index (χ1n) is 9.01. The minimum Gasteiger partial charge on any atom is -0.341 e. The Hall–Kier alpha value is -2.73. The zero-order chi connectivity index (χ0) is 17.7. The van der Waals surface area contributed by atoms with Crippen LogP contribution in [-0.2, 0) is 6.54 Å². The van der Waals surface area contributed by atoms with Gasteiger partial charge in [0.15, 0.2) is 0 Å². The third kappa shape index (κ3) is 2.49. The van der Waals surface area contributed by atoms with Gasteiger partial charge in [-0.1, -0.05) is 6.07 Å². The van der Waals surface area contributed by atoms with Crippen molar-refractivity contribution >= 4 is 16.6 Å². The van der Waals surface area contributed by atoms with Gasteiger partial charge in [0.25, 0.3) is 0 Å². The maximum absolute atomic E-state index is 13.5. The Labute approximate surface area is 150 Å². The standard InChI is InChI=1S/C20H20FN5/c1-13-22-17(18-5-2-3-10-26(13)18)12-25-9-4-6-19(25)20-23-15-8-7-14(21)11-16(15)24-20/h2-3,5,7-8,10-11,19H,4,6,9,12H2,1H3,(H,23,24)/t19-/m0/s1. The molecule has 0 bridgehead atoms. The van der Waals surface area contributed by atoms with Crippen LogP contribution < -0.4 is 0 Å². The van der Waals surface area contributed by atoms with Gasteiger partial charge < -0.3 is 9.38 Å². The summed E-state index contributed by atoms with van der Waals surface area (Å²) in [7, 11) is 0. The number of aromatic nitrogens is 4. The number of nitrogens with one attached hydrogen (secondary N) is 1. The van der Waals surface area contributed by atoms with Crippen LogP contribution in [0.25, 0.3) is 16.6 Å². The lowest BCUT2D eigenvalue weighted by Crippen LogP contribution is -2.23. The maximum Gasteiger partial charge on any atom is 0.125 e. The number of rotatable bonds is 3. The third-order valence-corrected chi connectivity index (χ3v) is 5.30. The van der Waals surface area contributed by atoms with Gasteiger partial charge in [0.1, 0.15) is 17.5 Å². The predicted molar refractivity (Wildman–Crippen MR) is 98.4 cm³/mol. The minimum absolute atomic E-state index is 0.214. The number of fused-ring (bicyclic) bond motifs is 2. The van der Waals surface area contributed by atoms with Gasteiger partial charge in [-0.05, 0) is 56.6 Å². The van der Waals surface area contributed by atoms with Crippen LogP contribution in [0.3, 0.4) is 0 Å². The Bertz CT molecular complexity index is 1100. The van der Waals surface area contributed by atoms with Crippen LogP contribution in [0.4, 0.5) is 4.39 Å². The van der Waals surface area contributed by atoms with Crippen molar-refractivity contribution in [1.29, 1.82) is 0 Å². The summed E-state index contributed by atoms with van der Waals surface area (Å²) in [4.78, 5) is 15.2. The number of benzene rings is 1. The average molecular weight is 349 g/mol. The number of aryl methyl sites for hydroxylation is 1. The largest absolute Gasteiger partial charge is 0.341 e. The number of aromatic amines is 1. The average Bonchev–Trinajstić information content (AvgIpc) is 3.33. The number of likely N-dealkylation sites (tertiary alicyclic amines) is 1. The van der Waals surface area contributed by atoms with E-state index in [1.165, 1.54) is 12.1 Å². The van der Waals surface area contributed by atoms with E-state index in [0.29, 0.717) is 0 Å². The highest BCUT2D eigenvalue weighted by molar-refractivity contribution is 5.75.